The van der Waals surface area contributed by atoms with Crippen LogP contribution in [-0.4, -0.2) is 27.9 Å². The Morgan fingerprint density at radius 2 is 2.50 bits per heavy atom. The summed E-state index contributed by atoms with van der Waals surface area (Å²) in [6, 6.07) is 0. The Balaban J connectivity index is 2.27. The first-order valence-corrected chi connectivity index (χ1v) is 5.35. The molecule has 1 saturated heterocycles. The van der Waals surface area contributed by atoms with Gasteiger partial charge in [0.1, 0.15) is 12.2 Å². The Morgan fingerprint density at radius 1 is 1.64 bits per heavy atom. The van der Waals surface area contributed by atoms with Crippen LogP contribution in [0.3, 0.4) is 0 Å². The van der Waals surface area contributed by atoms with E-state index in [1.165, 1.54) is 12.8 Å². The van der Waals surface area contributed by atoms with E-state index in [2.05, 4.69) is 33.9 Å². The normalized spacial score (nSPS) is 27.9. The van der Waals surface area contributed by atoms with Crippen molar-refractivity contribution in [1.82, 2.24) is 20.1 Å². The maximum absolute atomic E-state index is 4.26. The minimum absolute atomic E-state index is 0.171. The van der Waals surface area contributed by atoms with Crippen molar-refractivity contribution in [2.75, 3.05) is 13.1 Å². The van der Waals surface area contributed by atoms with E-state index < -0.39 is 0 Å². The number of aromatic nitrogens is 3. The van der Waals surface area contributed by atoms with Gasteiger partial charge in [0, 0.05) is 18.5 Å². The fourth-order valence-corrected chi connectivity index (χ4v) is 2.20. The molecular formula is C10H18N4. The molecule has 4 nitrogen and oxygen atoms in total. The van der Waals surface area contributed by atoms with Crippen molar-refractivity contribution < 1.29 is 0 Å². The summed E-state index contributed by atoms with van der Waals surface area (Å²) < 4.78 is 2.15. The van der Waals surface area contributed by atoms with Crippen molar-refractivity contribution in [3.8, 4) is 0 Å². The third-order valence-corrected chi connectivity index (χ3v) is 3.09. The van der Waals surface area contributed by atoms with Gasteiger partial charge >= 0.3 is 0 Å². The van der Waals surface area contributed by atoms with E-state index in [1.807, 2.05) is 6.33 Å². The molecule has 2 heterocycles. The van der Waals surface area contributed by atoms with Gasteiger partial charge in [0.15, 0.2) is 0 Å². The zero-order valence-electron chi connectivity index (χ0n) is 8.95. The molecule has 2 rings (SSSR count). The van der Waals surface area contributed by atoms with E-state index in [-0.39, 0.29) is 5.41 Å². The largest absolute Gasteiger partial charge is 0.317 e. The summed E-state index contributed by atoms with van der Waals surface area (Å²) in [7, 11) is 0. The minimum atomic E-state index is 0.171. The molecule has 0 aliphatic carbocycles. The smallest absolute Gasteiger partial charge is 0.140 e. The SMILES string of the molecule is CCn1cnnc1C1(C)CCCNC1. The Morgan fingerprint density at radius 3 is 3.14 bits per heavy atom. The number of nitrogens with one attached hydrogen (secondary N) is 1. The molecule has 0 spiro atoms. The van der Waals surface area contributed by atoms with Gasteiger partial charge in [0.25, 0.3) is 0 Å². The Hall–Kier alpha value is -0.900. The quantitative estimate of drug-likeness (QED) is 0.762. The third kappa shape index (κ3) is 1.54. The zero-order chi connectivity index (χ0) is 10.0. The number of hydrogen-bond donors (Lipinski definition) is 1. The highest BCUT2D eigenvalue weighted by molar-refractivity contribution is 5.08. The lowest BCUT2D eigenvalue weighted by atomic mass is 9.82. The van der Waals surface area contributed by atoms with E-state index in [4.69, 9.17) is 0 Å². The first kappa shape index (κ1) is 9.65. The van der Waals surface area contributed by atoms with Crippen molar-refractivity contribution in [1.29, 1.82) is 0 Å². The van der Waals surface area contributed by atoms with Crippen LogP contribution >= 0.6 is 0 Å². The van der Waals surface area contributed by atoms with Crippen molar-refractivity contribution in [2.24, 2.45) is 0 Å². The van der Waals surface area contributed by atoms with Crippen LogP contribution in [0.2, 0.25) is 0 Å². The first-order chi connectivity index (χ1) is 6.76. The number of aryl methyl sites for hydroxylation is 1. The van der Waals surface area contributed by atoms with E-state index in [0.29, 0.717) is 0 Å². The molecule has 4 heteroatoms. The average molecular weight is 194 g/mol. The summed E-state index contributed by atoms with van der Waals surface area (Å²) in [5, 5.41) is 11.7. The van der Waals surface area contributed by atoms with Crippen molar-refractivity contribution in [3.63, 3.8) is 0 Å². The fraction of sp³-hybridized carbons (Fsp3) is 0.800. The standard InChI is InChI=1S/C10H18N4/c1-3-14-8-12-13-9(14)10(2)5-4-6-11-7-10/h8,11H,3-7H2,1-2H3. The molecule has 0 aromatic carbocycles. The summed E-state index contributed by atoms with van der Waals surface area (Å²) in [5.74, 6) is 1.13. The summed E-state index contributed by atoms with van der Waals surface area (Å²) in [5.41, 5.74) is 0.171. The van der Waals surface area contributed by atoms with Gasteiger partial charge in [0.2, 0.25) is 0 Å². The van der Waals surface area contributed by atoms with Crippen LogP contribution in [0.25, 0.3) is 0 Å². The summed E-state index contributed by atoms with van der Waals surface area (Å²) in [6.45, 7) is 7.52. The predicted molar refractivity (Wildman–Crippen MR) is 55.2 cm³/mol. The van der Waals surface area contributed by atoms with E-state index in [1.54, 1.807) is 0 Å². The topological polar surface area (TPSA) is 42.7 Å². The summed E-state index contributed by atoms with van der Waals surface area (Å²) in [6.07, 6.45) is 4.26. The zero-order valence-corrected chi connectivity index (χ0v) is 8.95. The molecule has 1 N–H and O–H groups in total. The van der Waals surface area contributed by atoms with Gasteiger partial charge in [-0.25, -0.2) is 0 Å². The second-order valence-electron chi connectivity index (χ2n) is 4.28. The van der Waals surface area contributed by atoms with E-state index >= 15 is 0 Å². The fourth-order valence-electron chi connectivity index (χ4n) is 2.20. The van der Waals surface area contributed by atoms with Gasteiger partial charge in [-0.3, -0.25) is 0 Å². The Kier molecular flexibility index (Phi) is 2.54. The van der Waals surface area contributed by atoms with Crippen molar-refractivity contribution >= 4 is 0 Å². The van der Waals surface area contributed by atoms with Gasteiger partial charge in [-0.1, -0.05) is 6.92 Å². The lowest BCUT2D eigenvalue weighted by Gasteiger charge is -2.33. The van der Waals surface area contributed by atoms with Gasteiger partial charge in [0.05, 0.1) is 0 Å². The lowest BCUT2D eigenvalue weighted by Crippen LogP contribution is -2.42. The van der Waals surface area contributed by atoms with Gasteiger partial charge < -0.3 is 9.88 Å². The van der Waals surface area contributed by atoms with Crippen LogP contribution < -0.4 is 5.32 Å². The van der Waals surface area contributed by atoms with Crippen LogP contribution in [0.1, 0.15) is 32.5 Å². The van der Waals surface area contributed by atoms with E-state index in [9.17, 15) is 0 Å². The molecule has 1 aliphatic heterocycles. The second kappa shape index (κ2) is 3.69. The number of nitrogens with zero attached hydrogens (tertiary/aromatic N) is 3. The molecule has 1 unspecified atom stereocenters. The molecule has 1 aromatic heterocycles. The molecule has 78 valence electrons. The highest BCUT2D eigenvalue weighted by atomic mass is 15.3. The van der Waals surface area contributed by atoms with Crippen LogP contribution in [0.15, 0.2) is 6.33 Å². The molecule has 0 saturated carbocycles. The molecule has 0 amide bonds. The Labute approximate surface area is 84.7 Å². The molecule has 1 atom stereocenters. The van der Waals surface area contributed by atoms with E-state index in [0.717, 1.165) is 25.5 Å². The van der Waals surface area contributed by atoms with Crippen molar-refractivity contribution in [2.45, 2.75) is 38.6 Å². The van der Waals surface area contributed by atoms with Gasteiger partial charge in [-0.15, -0.1) is 10.2 Å². The van der Waals surface area contributed by atoms with Gasteiger partial charge in [-0.05, 0) is 26.3 Å². The molecule has 0 bridgehead atoms. The molecule has 0 radical (unpaired) electrons. The molecule has 14 heavy (non-hydrogen) atoms. The monoisotopic (exact) mass is 194 g/mol. The molecule has 1 fully saturated rings. The van der Waals surface area contributed by atoms with Crippen molar-refractivity contribution in [3.05, 3.63) is 12.2 Å². The highest BCUT2D eigenvalue weighted by Crippen LogP contribution is 2.28. The van der Waals surface area contributed by atoms with Crippen LogP contribution in [0.4, 0.5) is 0 Å². The second-order valence-corrected chi connectivity index (χ2v) is 4.28. The lowest BCUT2D eigenvalue weighted by molar-refractivity contribution is 0.313. The summed E-state index contributed by atoms with van der Waals surface area (Å²) >= 11 is 0. The highest BCUT2D eigenvalue weighted by Gasteiger charge is 2.32. The molecule has 1 aliphatic rings. The average Bonchev–Trinajstić information content (AvgIpc) is 2.67. The minimum Gasteiger partial charge on any atom is -0.317 e. The number of hydrogen-bond acceptors (Lipinski definition) is 3. The van der Waals surface area contributed by atoms with Gasteiger partial charge in [-0.2, -0.15) is 0 Å². The molecular weight excluding hydrogens is 176 g/mol. The Bertz CT molecular complexity index is 299. The molecule has 1 aromatic rings. The van der Waals surface area contributed by atoms with Crippen LogP contribution in [-0.2, 0) is 12.0 Å². The first-order valence-electron chi connectivity index (χ1n) is 5.35. The summed E-state index contributed by atoms with van der Waals surface area (Å²) in [4.78, 5) is 0. The number of piperidine rings is 1. The third-order valence-electron chi connectivity index (χ3n) is 3.09. The van der Waals surface area contributed by atoms with Crippen LogP contribution in [0, 0.1) is 0 Å². The number of rotatable bonds is 2. The predicted octanol–water partition coefficient (Wildman–Crippen LogP) is 0.939. The van der Waals surface area contributed by atoms with Crippen LogP contribution in [0.5, 0.6) is 0 Å². The maximum atomic E-state index is 4.26. The maximum Gasteiger partial charge on any atom is 0.140 e.